The Hall–Kier alpha value is -4.38. The second-order valence-corrected chi connectivity index (χ2v) is 8.67. The van der Waals surface area contributed by atoms with Crippen molar-refractivity contribution in [1.29, 1.82) is 0 Å². The van der Waals surface area contributed by atoms with Crippen molar-refractivity contribution in [2.75, 3.05) is 4.90 Å². The molecular formula is C25H16F3N5O2S. The summed E-state index contributed by atoms with van der Waals surface area (Å²) in [5.74, 6) is -0.669. The van der Waals surface area contributed by atoms with E-state index < -0.39 is 6.36 Å². The van der Waals surface area contributed by atoms with Crippen molar-refractivity contribution in [3.63, 3.8) is 0 Å². The number of fused-ring (bicyclic) bond motifs is 1. The molecule has 7 nitrogen and oxygen atoms in total. The van der Waals surface area contributed by atoms with Gasteiger partial charge in [0.25, 0.3) is 5.91 Å². The van der Waals surface area contributed by atoms with E-state index in [2.05, 4.69) is 24.7 Å². The van der Waals surface area contributed by atoms with Crippen LogP contribution < -0.4 is 9.64 Å². The SMILES string of the molecule is O=C(c1cnc2ccccc2n1)N(Cc1cnc(-c2ccc(OC(F)(F)F)cc2)s1)c1cccnc1. The Morgan fingerprint density at radius 2 is 1.69 bits per heavy atom. The molecule has 0 spiro atoms. The summed E-state index contributed by atoms with van der Waals surface area (Å²) in [4.78, 5) is 33.1. The molecule has 0 N–H and O–H groups in total. The highest BCUT2D eigenvalue weighted by Crippen LogP contribution is 2.30. The summed E-state index contributed by atoms with van der Waals surface area (Å²) in [6.45, 7) is 0.186. The third kappa shape index (κ3) is 5.31. The fourth-order valence-electron chi connectivity index (χ4n) is 3.46. The van der Waals surface area contributed by atoms with E-state index in [1.807, 2.05) is 18.2 Å². The molecule has 180 valence electrons. The number of nitrogens with zero attached hydrogens (tertiary/aromatic N) is 5. The molecule has 0 saturated heterocycles. The first-order chi connectivity index (χ1) is 17.4. The van der Waals surface area contributed by atoms with Crippen LogP contribution in [0.3, 0.4) is 0 Å². The largest absolute Gasteiger partial charge is 0.573 e. The van der Waals surface area contributed by atoms with Gasteiger partial charge in [0.2, 0.25) is 0 Å². The fraction of sp³-hybridized carbons (Fsp3) is 0.0800. The lowest BCUT2D eigenvalue weighted by atomic mass is 10.2. The lowest BCUT2D eigenvalue weighted by molar-refractivity contribution is -0.274. The number of pyridine rings is 1. The quantitative estimate of drug-likeness (QED) is 0.285. The molecule has 5 rings (SSSR count). The number of ether oxygens (including phenoxy) is 1. The van der Waals surface area contributed by atoms with Crippen LogP contribution in [0.5, 0.6) is 5.75 Å². The molecule has 36 heavy (non-hydrogen) atoms. The maximum absolute atomic E-state index is 13.5. The van der Waals surface area contributed by atoms with E-state index in [-0.39, 0.29) is 23.9 Å². The Morgan fingerprint density at radius 3 is 2.42 bits per heavy atom. The highest BCUT2D eigenvalue weighted by Gasteiger charge is 2.31. The molecule has 0 saturated carbocycles. The van der Waals surface area contributed by atoms with Gasteiger partial charge in [0.1, 0.15) is 16.5 Å². The summed E-state index contributed by atoms with van der Waals surface area (Å²) in [5, 5.41) is 0.590. The molecule has 5 aromatic rings. The highest BCUT2D eigenvalue weighted by atomic mass is 32.1. The van der Waals surface area contributed by atoms with Gasteiger partial charge in [-0.2, -0.15) is 0 Å². The number of benzene rings is 2. The van der Waals surface area contributed by atoms with Gasteiger partial charge in [-0.3, -0.25) is 14.8 Å². The summed E-state index contributed by atoms with van der Waals surface area (Å²) < 4.78 is 41.2. The van der Waals surface area contributed by atoms with E-state index in [1.54, 1.807) is 36.8 Å². The zero-order valence-electron chi connectivity index (χ0n) is 18.4. The molecule has 3 heterocycles. The topological polar surface area (TPSA) is 81.1 Å². The van der Waals surface area contributed by atoms with Gasteiger partial charge in [0.15, 0.2) is 0 Å². The molecule has 0 aliphatic carbocycles. The van der Waals surface area contributed by atoms with Crippen LogP contribution in [0.4, 0.5) is 18.9 Å². The molecule has 0 bridgehead atoms. The van der Waals surface area contributed by atoms with Crippen LogP contribution in [0.2, 0.25) is 0 Å². The highest BCUT2D eigenvalue weighted by molar-refractivity contribution is 7.15. The van der Waals surface area contributed by atoms with E-state index in [4.69, 9.17) is 0 Å². The molecule has 2 aromatic carbocycles. The van der Waals surface area contributed by atoms with Crippen LogP contribution in [0.25, 0.3) is 21.6 Å². The van der Waals surface area contributed by atoms with Gasteiger partial charge in [-0.1, -0.05) is 12.1 Å². The number of thiazole rings is 1. The molecule has 0 fully saturated rings. The summed E-state index contributed by atoms with van der Waals surface area (Å²) in [6, 6.07) is 16.2. The predicted octanol–water partition coefficient (Wildman–Crippen LogP) is 5.89. The molecule has 0 unspecified atom stereocenters. The molecular weight excluding hydrogens is 491 g/mol. The van der Waals surface area contributed by atoms with Gasteiger partial charge in [-0.05, 0) is 48.5 Å². The van der Waals surface area contributed by atoms with Crippen LogP contribution in [-0.4, -0.2) is 32.2 Å². The smallest absolute Gasteiger partial charge is 0.406 e. The molecule has 0 aliphatic rings. The maximum atomic E-state index is 13.5. The summed E-state index contributed by atoms with van der Waals surface area (Å²) in [7, 11) is 0. The number of hydrogen-bond donors (Lipinski definition) is 0. The van der Waals surface area contributed by atoms with E-state index in [9.17, 15) is 18.0 Å². The Balaban J connectivity index is 1.41. The fourth-order valence-corrected chi connectivity index (χ4v) is 4.37. The number of alkyl halides is 3. The van der Waals surface area contributed by atoms with E-state index >= 15 is 0 Å². The lowest BCUT2D eigenvalue weighted by Crippen LogP contribution is -2.31. The van der Waals surface area contributed by atoms with Crippen molar-refractivity contribution < 1.29 is 22.7 Å². The number of carbonyl (C=O) groups is 1. The predicted molar refractivity (Wildman–Crippen MR) is 129 cm³/mol. The Bertz CT molecular complexity index is 1510. The van der Waals surface area contributed by atoms with Crippen molar-refractivity contribution in [2.24, 2.45) is 0 Å². The second-order valence-electron chi connectivity index (χ2n) is 7.55. The van der Waals surface area contributed by atoms with Crippen LogP contribution >= 0.6 is 11.3 Å². The van der Waals surface area contributed by atoms with Crippen LogP contribution in [-0.2, 0) is 6.54 Å². The normalized spacial score (nSPS) is 11.4. The van der Waals surface area contributed by atoms with Gasteiger partial charge in [0, 0.05) is 22.8 Å². The minimum atomic E-state index is -4.76. The number of amides is 1. The van der Waals surface area contributed by atoms with Gasteiger partial charge in [-0.25, -0.2) is 9.97 Å². The van der Waals surface area contributed by atoms with Crippen LogP contribution in [0.15, 0.2) is 85.5 Å². The zero-order chi connectivity index (χ0) is 25.1. The average molecular weight is 507 g/mol. The number of anilines is 1. The first-order valence-electron chi connectivity index (χ1n) is 10.6. The summed E-state index contributed by atoms with van der Waals surface area (Å²) >= 11 is 1.32. The van der Waals surface area contributed by atoms with Gasteiger partial charge in [-0.15, -0.1) is 24.5 Å². The number of halogens is 3. The summed E-state index contributed by atoms with van der Waals surface area (Å²) in [5.41, 5.74) is 2.66. The third-order valence-corrected chi connectivity index (χ3v) is 6.10. The number of para-hydroxylation sites is 2. The van der Waals surface area contributed by atoms with Crippen molar-refractivity contribution in [3.05, 3.63) is 96.0 Å². The first kappa shape index (κ1) is 23.4. The summed E-state index contributed by atoms with van der Waals surface area (Å²) in [6.07, 6.45) is 1.50. The van der Waals surface area contributed by atoms with Crippen LogP contribution in [0.1, 0.15) is 15.4 Å². The molecule has 11 heteroatoms. The molecule has 0 aliphatic heterocycles. The number of aromatic nitrogens is 4. The van der Waals surface area contributed by atoms with Gasteiger partial charge < -0.3 is 9.64 Å². The Morgan fingerprint density at radius 1 is 0.917 bits per heavy atom. The number of rotatable bonds is 6. The third-order valence-electron chi connectivity index (χ3n) is 5.07. The minimum Gasteiger partial charge on any atom is -0.406 e. The molecule has 3 aromatic heterocycles. The first-order valence-corrected chi connectivity index (χ1v) is 11.4. The van der Waals surface area contributed by atoms with Crippen molar-refractivity contribution in [1.82, 2.24) is 19.9 Å². The van der Waals surface area contributed by atoms with Crippen molar-refractivity contribution in [2.45, 2.75) is 12.9 Å². The molecule has 0 radical (unpaired) electrons. The standard InChI is InChI=1S/C25H16F3N5O2S/c26-25(27,28)35-18-9-7-16(8-10-18)23-31-13-19(36-23)15-33(17-4-3-11-29-12-17)24(34)22-14-30-20-5-1-2-6-21(20)32-22/h1-14H,15H2. The van der Waals surface area contributed by atoms with E-state index in [1.165, 1.54) is 46.7 Å². The van der Waals surface area contributed by atoms with Gasteiger partial charge in [0.05, 0.1) is 35.7 Å². The van der Waals surface area contributed by atoms with Crippen molar-refractivity contribution >= 4 is 34.0 Å². The number of carbonyl (C=O) groups excluding carboxylic acids is 1. The monoisotopic (exact) mass is 507 g/mol. The molecule has 1 amide bonds. The Labute approximate surface area is 206 Å². The van der Waals surface area contributed by atoms with E-state index in [0.29, 0.717) is 27.3 Å². The van der Waals surface area contributed by atoms with Crippen LogP contribution in [0, 0.1) is 0 Å². The molecule has 0 atom stereocenters. The Kier molecular flexibility index (Phi) is 6.30. The van der Waals surface area contributed by atoms with Gasteiger partial charge >= 0.3 is 6.36 Å². The minimum absolute atomic E-state index is 0.183. The average Bonchev–Trinajstić information content (AvgIpc) is 3.35. The zero-order valence-corrected chi connectivity index (χ0v) is 19.2. The van der Waals surface area contributed by atoms with E-state index in [0.717, 1.165) is 4.88 Å². The maximum Gasteiger partial charge on any atom is 0.573 e. The van der Waals surface area contributed by atoms with Crippen molar-refractivity contribution in [3.8, 4) is 16.3 Å². The lowest BCUT2D eigenvalue weighted by Gasteiger charge is -2.21. The second kappa shape index (κ2) is 9.70. The number of hydrogen-bond acceptors (Lipinski definition) is 7.